The van der Waals surface area contributed by atoms with E-state index in [9.17, 15) is 13.2 Å². The molecule has 1 aliphatic rings. The highest BCUT2D eigenvalue weighted by Crippen LogP contribution is 2.25. The molecule has 6 nitrogen and oxygen atoms in total. The molecule has 29 heavy (non-hydrogen) atoms. The average Bonchev–Trinajstić information content (AvgIpc) is 2.72. The number of halogens is 2. The Morgan fingerprint density at radius 3 is 2.72 bits per heavy atom. The predicted molar refractivity (Wildman–Crippen MR) is 114 cm³/mol. The first kappa shape index (κ1) is 21.9. The van der Waals surface area contributed by atoms with Crippen molar-refractivity contribution in [3.8, 4) is 5.75 Å². The van der Waals surface area contributed by atoms with E-state index in [-0.39, 0.29) is 23.8 Å². The Kier molecular flexibility index (Phi) is 7.05. The number of nitrogens with one attached hydrogen (secondary N) is 1. The third-order valence-electron chi connectivity index (χ3n) is 4.82. The molecule has 1 N–H and O–H groups in total. The van der Waals surface area contributed by atoms with Crippen LogP contribution >= 0.6 is 23.2 Å². The van der Waals surface area contributed by atoms with E-state index in [1.54, 1.807) is 19.2 Å². The molecule has 0 radical (unpaired) electrons. The lowest BCUT2D eigenvalue weighted by atomic mass is 10.0. The second kappa shape index (κ2) is 9.34. The van der Waals surface area contributed by atoms with Crippen molar-refractivity contribution in [1.82, 2.24) is 9.62 Å². The van der Waals surface area contributed by atoms with Crippen molar-refractivity contribution in [2.75, 3.05) is 26.0 Å². The highest BCUT2D eigenvalue weighted by atomic mass is 35.5. The molecule has 0 unspecified atom stereocenters. The number of hydrogen-bond donors (Lipinski definition) is 1. The molecule has 9 heteroatoms. The molecule has 3 rings (SSSR count). The maximum atomic E-state index is 12.7. The van der Waals surface area contributed by atoms with E-state index in [1.165, 1.54) is 10.4 Å². The van der Waals surface area contributed by atoms with Crippen LogP contribution in [-0.4, -0.2) is 44.6 Å². The van der Waals surface area contributed by atoms with E-state index < -0.39 is 10.0 Å². The van der Waals surface area contributed by atoms with E-state index >= 15 is 0 Å². The molecule has 2 aromatic carbocycles. The van der Waals surface area contributed by atoms with Crippen molar-refractivity contribution in [3.05, 3.63) is 63.1 Å². The second-order valence-electron chi connectivity index (χ2n) is 6.77. The summed E-state index contributed by atoms with van der Waals surface area (Å²) in [6.45, 7) is 1.02. The Morgan fingerprint density at radius 1 is 1.17 bits per heavy atom. The van der Waals surface area contributed by atoms with E-state index in [0.717, 1.165) is 16.9 Å². The zero-order valence-electron chi connectivity index (χ0n) is 16.0. The summed E-state index contributed by atoms with van der Waals surface area (Å²) in [5.74, 6) is 0.355. The Morgan fingerprint density at radius 2 is 1.97 bits per heavy atom. The smallest absolute Gasteiger partial charge is 0.252 e. The van der Waals surface area contributed by atoms with E-state index in [0.29, 0.717) is 36.0 Å². The molecule has 1 heterocycles. The number of fused-ring (bicyclic) bond motifs is 1. The maximum absolute atomic E-state index is 12.7. The molecule has 2 aromatic rings. The number of sulfonamides is 1. The molecule has 0 fully saturated rings. The minimum Gasteiger partial charge on any atom is -0.497 e. The third-order valence-corrected chi connectivity index (χ3v) is 7.29. The first-order valence-electron chi connectivity index (χ1n) is 9.17. The average molecular weight is 457 g/mol. The van der Waals surface area contributed by atoms with Crippen LogP contribution in [0, 0.1) is 0 Å². The van der Waals surface area contributed by atoms with Crippen molar-refractivity contribution in [1.29, 1.82) is 0 Å². The van der Waals surface area contributed by atoms with Gasteiger partial charge in [0.05, 0.1) is 23.4 Å². The van der Waals surface area contributed by atoms with E-state index in [2.05, 4.69) is 5.32 Å². The van der Waals surface area contributed by atoms with Gasteiger partial charge in [0.25, 0.3) is 5.91 Å². The van der Waals surface area contributed by atoms with Crippen molar-refractivity contribution in [2.45, 2.75) is 19.4 Å². The number of amides is 1. The van der Waals surface area contributed by atoms with Crippen LogP contribution in [-0.2, 0) is 23.0 Å². The number of benzene rings is 2. The van der Waals surface area contributed by atoms with Gasteiger partial charge in [-0.05, 0) is 54.3 Å². The second-order valence-corrected chi connectivity index (χ2v) is 9.70. The summed E-state index contributed by atoms with van der Waals surface area (Å²) in [6.07, 6.45) is 0.952. The van der Waals surface area contributed by atoms with Crippen LogP contribution in [0.25, 0.3) is 0 Å². The zero-order chi connectivity index (χ0) is 21.0. The molecule has 0 saturated heterocycles. The minimum absolute atomic E-state index is 0.0396. The van der Waals surface area contributed by atoms with Gasteiger partial charge in [-0.15, -0.1) is 0 Å². The normalized spacial score (nSPS) is 14.3. The number of carbonyl (C=O) groups is 1. The van der Waals surface area contributed by atoms with Gasteiger partial charge in [0.1, 0.15) is 5.75 Å². The summed E-state index contributed by atoms with van der Waals surface area (Å²) in [5, 5.41) is 3.39. The fourth-order valence-corrected chi connectivity index (χ4v) is 5.07. The van der Waals surface area contributed by atoms with Gasteiger partial charge in [-0.25, -0.2) is 8.42 Å². The summed E-state index contributed by atoms with van der Waals surface area (Å²) in [4.78, 5) is 12.2. The fraction of sp³-hybridized carbons (Fsp3) is 0.350. The van der Waals surface area contributed by atoms with Crippen molar-refractivity contribution < 1.29 is 17.9 Å². The first-order chi connectivity index (χ1) is 13.8. The van der Waals surface area contributed by atoms with Gasteiger partial charge in [-0.3, -0.25) is 4.79 Å². The van der Waals surface area contributed by atoms with Crippen LogP contribution in [0.15, 0.2) is 36.4 Å². The first-order valence-corrected chi connectivity index (χ1v) is 11.5. The van der Waals surface area contributed by atoms with Crippen molar-refractivity contribution in [3.63, 3.8) is 0 Å². The lowest BCUT2D eigenvalue weighted by molar-refractivity contribution is 0.0953. The quantitative estimate of drug-likeness (QED) is 0.646. The number of rotatable bonds is 7. The van der Waals surface area contributed by atoms with Gasteiger partial charge < -0.3 is 10.1 Å². The Bertz CT molecular complexity index is 1010. The maximum Gasteiger partial charge on any atom is 0.252 e. The predicted octanol–water partition coefficient (Wildman–Crippen LogP) is 3.51. The Hall–Kier alpha value is -1.80. The SMILES string of the molecule is COc1ccc2c(c1)CCN(S(=O)(=O)CCCNC(=O)c1cc(Cl)ccc1Cl)C2. The monoisotopic (exact) mass is 456 g/mol. The van der Waals surface area contributed by atoms with Crippen molar-refractivity contribution >= 4 is 39.1 Å². The zero-order valence-corrected chi connectivity index (χ0v) is 18.3. The summed E-state index contributed by atoms with van der Waals surface area (Å²) in [5.41, 5.74) is 2.37. The van der Waals surface area contributed by atoms with Crippen LogP contribution in [0.3, 0.4) is 0 Å². The van der Waals surface area contributed by atoms with Crippen LogP contribution in [0.2, 0.25) is 10.0 Å². The number of methoxy groups -OCH3 is 1. The van der Waals surface area contributed by atoms with Crippen LogP contribution in [0.4, 0.5) is 0 Å². The molecule has 0 spiro atoms. The van der Waals surface area contributed by atoms with Gasteiger partial charge in [0.2, 0.25) is 10.0 Å². The topological polar surface area (TPSA) is 75.7 Å². The molecular weight excluding hydrogens is 435 g/mol. The Labute approximate surface area is 180 Å². The van der Waals surface area contributed by atoms with Gasteiger partial charge in [-0.2, -0.15) is 4.31 Å². The molecule has 0 aliphatic carbocycles. The molecule has 0 atom stereocenters. The molecule has 0 aromatic heterocycles. The van der Waals surface area contributed by atoms with Crippen molar-refractivity contribution in [2.24, 2.45) is 0 Å². The van der Waals surface area contributed by atoms with Gasteiger partial charge >= 0.3 is 0 Å². The van der Waals surface area contributed by atoms with Crippen LogP contribution < -0.4 is 10.1 Å². The summed E-state index contributed by atoms with van der Waals surface area (Å²) >= 11 is 11.9. The van der Waals surface area contributed by atoms with Crippen LogP contribution in [0.1, 0.15) is 27.9 Å². The lowest BCUT2D eigenvalue weighted by Crippen LogP contribution is -2.38. The number of hydrogen-bond acceptors (Lipinski definition) is 4. The highest BCUT2D eigenvalue weighted by Gasteiger charge is 2.26. The number of nitrogens with zero attached hydrogens (tertiary/aromatic N) is 1. The van der Waals surface area contributed by atoms with E-state index in [1.807, 2.05) is 18.2 Å². The largest absolute Gasteiger partial charge is 0.497 e. The van der Waals surface area contributed by atoms with Gasteiger partial charge in [0, 0.05) is 24.7 Å². The molecule has 1 aliphatic heterocycles. The van der Waals surface area contributed by atoms with Crippen LogP contribution in [0.5, 0.6) is 5.75 Å². The van der Waals surface area contributed by atoms with Gasteiger partial charge in [0.15, 0.2) is 0 Å². The molecular formula is C20H22Cl2N2O4S. The molecule has 0 bridgehead atoms. The summed E-state index contributed by atoms with van der Waals surface area (Å²) < 4.78 is 32.1. The minimum atomic E-state index is -3.42. The van der Waals surface area contributed by atoms with E-state index in [4.69, 9.17) is 27.9 Å². The lowest BCUT2D eigenvalue weighted by Gasteiger charge is -2.28. The standard InChI is InChI=1S/C20H22Cl2N2O4S/c1-28-17-5-3-15-13-24(9-7-14(15)11-17)29(26,27)10-2-8-23-20(25)18-12-16(21)4-6-19(18)22/h3-6,11-12H,2,7-10,13H2,1H3,(H,23,25). The van der Waals surface area contributed by atoms with Gasteiger partial charge in [-0.1, -0.05) is 29.3 Å². The molecule has 1 amide bonds. The number of carbonyl (C=O) groups excluding carboxylic acids is 1. The molecule has 0 saturated carbocycles. The third kappa shape index (κ3) is 5.42. The molecule has 156 valence electrons. The summed E-state index contributed by atoms with van der Waals surface area (Å²) in [6, 6.07) is 10.3. The summed E-state index contributed by atoms with van der Waals surface area (Å²) in [7, 11) is -1.80. The fourth-order valence-electron chi connectivity index (χ4n) is 3.22. The number of ether oxygens (including phenoxy) is 1. The Balaban J connectivity index is 1.52. The highest BCUT2D eigenvalue weighted by molar-refractivity contribution is 7.89.